The minimum Gasteiger partial charge on any atom is -0.496 e. The van der Waals surface area contributed by atoms with E-state index in [-0.39, 0.29) is 25.3 Å². The predicted octanol–water partition coefficient (Wildman–Crippen LogP) is 2.67. The fourth-order valence-electron chi connectivity index (χ4n) is 5.26. The first-order valence-electron chi connectivity index (χ1n) is 13.9. The lowest BCUT2D eigenvalue weighted by Crippen LogP contribution is -2.56. The third kappa shape index (κ3) is 5.87. The molecule has 42 heavy (non-hydrogen) atoms. The Morgan fingerprint density at radius 3 is 2.55 bits per heavy atom. The largest absolute Gasteiger partial charge is 0.496 e. The second kappa shape index (κ2) is 10.8. The highest BCUT2D eigenvalue weighted by molar-refractivity contribution is 7.91. The van der Waals surface area contributed by atoms with Crippen LogP contribution in [0.3, 0.4) is 0 Å². The van der Waals surface area contributed by atoms with Gasteiger partial charge in [-0.15, -0.1) is 6.58 Å². The molecule has 4 unspecified atom stereocenters. The molecule has 0 spiro atoms. The lowest BCUT2D eigenvalue weighted by Gasteiger charge is -2.29. The summed E-state index contributed by atoms with van der Waals surface area (Å²) >= 11 is 0. The Labute approximate surface area is 244 Å². The van der Waals surface area contributed by atoms with Crippen molar-refractivity contribution in [1.29, 1.82) is 0 Å². The highest BCUT2D eigenvalue weighted by Crippen LogP contribution is 2.45. The summed E-state index contributed by atoms with van der Waals surface area (Å²) in [6.45, 7) is 8.89. The van der Waals surface area contributed by atoms with Crippen LogP contribution in [0.5, 0.6) is 11.6 Å². The number of rotatable bonds is 9. The predicted molar refractivity (Wildman–Crippen MR) is 153 cm³/mol. The molecule has 3 fully saturated rings. The Hall–Kier alpha value is -3.87. The number of likely N-dealkylation sites (tertiary alicyclic amines) is 1. The molecule has 1 aromatic heterocycles. The van der Waals surface area contributed by atoms with Crippen LogP contribution in [0.4, 0.5) is 4.79 Å². The number of amides is 3. The van der Waals surface area contributed by atoms with Crippen LogP contribution in [0.25, 0.3) is 10.8 Å². The van der Waals surface area contributed by atoms with E-state index in [2.05, 4.69) is 21.6 Å². The zero-order valence-electron chi connectivity index (χ0n) is 24.1. The van der Waals surface area contributed by atoms with Gasteiger partial charge in [0.25, 0.3) is 5.91 Å². The van der Waals surface area contributed by atoms with Gasteiger partial charge >= 0.3 is 6.09 Å². The van der Waals surface area contributed by atoms with Gasteiger partial charge in [-0.05, 0) is 57.6 Å². The van der Waals surface area contributed by atoms with Crippen molar-refractivity contribution < 1.29 is 37.0 Å². The lowest BCUT2D eigenvalue weighted by atomic mass is 10.1. The number of fused-ring (bicyclic) bond motifs is 1. The number of pyridine rings is 1. The van der Waals surface area contributed by atoms with E-state index in [4.69, 9.17) is 14.2 Å². The second-order valence-corrected chi connectivity index (χ2v) is 13.9. The van der Waals surface area contributed by atoms with E-state index in [9.17, 15) is 22.8 Å². The van der Waals surface area contributed by atoms with Crippen LogP contribution >= 0.6 is 0 Å². The first kappa shape index (κ1) is 29.6. The van der Waals surface area contributed by atoms with Gasteiger partial charge in [-0.2, -0.15) is 0 Å². The molecule has 2 heterocycles. The van der Waals surface area contributed by atoms with Gasteiger partial charge in [-0.25, -0.2) is 18.2 Å². The van der Waals surface area contributed by atoms with Gasteiger partial charge in [0.05, 0.1) is 24.3 Å². The number of nitrogens with zero attached hydrogens (tertiary/aromatic N) is 2. The standard InChI is InChI=1S/C29H36N4O8S/c1-6-18-15-29(18,26(35)32-42(37,38)20-10-11-20)31-24(34)21-14-19(16-33(21)27(36)41-28(2,3)4)40-25-23-17(12-13-30-25)8-7-9-22(23)39-5/h6-9,12-13,18-21H,1,10-11,14-16H2,2-5H3,(H,31,34)(H,32,35). The van der Waals surface area contributed by atoms with Gasteiger partial charge in [0, 0.05) is 18.5 Å². The smallest absolute Gasteiger partial charge is 0.411 e. The number of carbonyl (C=O) groups is 3. The van der Waals surface area contributed by atoms with Crippen LogP contribution in [0, 0.1) is 5.92 Å². The molecule has 0 bridgehead atoms. The van der Waals surface area contributed by atoms with Crippen molar-refractivity contribution in [2.45, 2.75) is 75.0 Å². The van der Waals surface area contributed by atoms with Gasteiger partial charge in [-0.1, -0.05) is 18.2 Å². The zero-order valence-corrected chi connectivity index (χ0v) is 24.9. The van der Waals surface area contributed by atoms with Gasteiger partial charge < -0.3 is 19.5 Å². The molecule has 3 aliphatic rings. The summed E-state index contributed by atoms with van der Waals surface area (Å²) in [6, 6.07) is 6.29. The number of aromatic nitrogens is 1. The minimum absolute atomic E-state index is 0.0142. The van der Waals surface area contributed by atoms with Crippen molar-refractivity contribution in [1.82, 2.24) is 19.9 Å². The first-order valence-corrected chi connectivity index (χ1v) is 15.4. The molecule has 13 heteroatoms. The van der Waals surface area contributed by atoms with Crippen molar-refractivity contribution in [3.05, 3.63) is 43.1 Å². The van der Waals surface area contributed by atoms with E-state index < -0.39 is 62.4 Å². The molecule has 2 aromatic rings. The van der Waals surface area contributed by atoms with Crippen LogP contribution in [0.15, 0.2) is 43.1 Å². The highest BCUT2D eigenvalue weighted by atomic mass is 32.2. The number of hydrogen-bond donors (Lipinski definition) is 2. The van der Waals surface area contributed by atoms with Gasteiger partial charge in [0.1, 0.15) is 29.0 Å². The van der Waals surface area contributed by atoms with Crippen molar-refractivity contribution in [2.24, 2.45) is 5.92 Å². The molecule has 12 nitrogen and oxygen atoms in total. The Morgan fingerprint density at radius 1 is 1.19 bits per heavy atom. The number of nitrogens with one attached hydrogen (secondary N) is 2. The molecule has 3 amide bonds. The summed E-state index contributed by atoms with van der Waals surface area (Å²) in [6.07, 6.45) is 2.98. The van der Waals surface area contributed by atoms with E-state index in [0.29, 0.717) is 24.0 Å². The molecule has 2 saturated carbocycles. The summed E-state index contributed by atoms with van der Waals surface area (Å²) in [5.41, 5.74) is -2.31. The molecule has 0 radical (unpaired) electrons. The third-order valence-electron chi connectivity index (χ3n) is 7.66. The van der Waals surface area contributed by atoms with E-state index >= 15 is 0 Å². The second-order valence-electron chi connectivity index (χ2n) is 12.0. The zero-order chi connectivity index (χ0) is 30.4. The normalized spacial score (nSPS) is 25.4. The first-order chi connectivity index (χ1) is 19.8. The van der Waals surface area contributed by atoms with Crippen LogP contribution in [0.2, 0.25) is 0 Å². The Morgan fingerprint density at radius 2 is 1.93 bits per heavy atom. The molecule has 1 aromatic carbocycles. The lowest BCUT2D eigenvalue weighted by molar-refractivity contribution is -0.131. The Kier molecular flexibility index (Phi) is 7.58. The van der Waals surface area contributed by atoms with Gasteiger partial charge in [-0.3, -0.25) is 19.2 Å². The summed E-state index contributed by atoms with van der Waals surface area (Å²) in [4.78, 5) is 45.8. The van der Waals surface area contributed by atoms with Crippen molar-refractivity contribution in [3.63, 3.8) is 0 Å². The minimum atomic E-state index is -3.83. The summed E-state index contributed by atoms with van der Waals surface area (Å²) in [7, 11) is -2.29. The Balaban J connectivity index is 1.39. The van der Waals surface area contributed by atoms with Gasteiger partial charge in [0.2, 0.25) is 21.8 Å². The van der Waals surface area contributed by atoms with E-state index in [0.717, 1.165) is 5.39 Å². The third-order valence-corrected chi connectivity index (χ3v) is 9.48. The average Bonchev–Trinajstić information content (AvgIpc) is 3.84. The summed E-state index contributed by atoms with van der Waals surface area (Å²) in [5, 5.41) is 3.63. The fourth-order valence-corrected chi connectivity index (χ4v) is 6.62. The van der Waals surface area contributed by atoms with Crippen LogP contribution in [0.1, 0.15) is 46.5 Å². The maximum Gasteiger partial charge on any atom is 0.411 e. The molecule has 1 aliphatic heterocycles. The monoisotopic (exact) mass is 600 g/mol. The molecule has 2 aliphatic carbocycles. The number of hydrogen-bond acceptors (Lipinski definition) is 9. The molecular weight excluding hydrogens is 564 g/mol. The maximum absolute atomic E-state index is 13.8. The van der Waals surface area contributed by atoms with E-state index in [1.54, 1.807) is 40.1 Å². The Bertz CT molecular complexity index is 1530. The number of ether oxygens (including phenoxy) is 3. The average molecular weight is 601 g/mol. The topological polar surface area (TPSA) is 153 Å². The number of sulfonamides is 1. The van der Waals surface area contributed by atoms with E-state index in [1.165, 1.54) is 11.0 Å². The van der Waals surface area contributed by atoms with Crippen molar-refractivity contribution in [2.75, 3.05) is 13.7 Å². The molecular formula is C29H36N4O8S. The molecule has 1 saturated heterocycles. The molecule has 4 atom stereocenters. The van der Waals surface area contributed by atoms with Crippen molar-refractivity contribution in [3.8, 4) is 11.6 Å². The van der Waals surface area contributed by atoms with Crippen LogP contribution in [-0.4, -0.2) is 78.4 Å². The highest BCUT2D eigenvalue weighted by Gasteiger charge is 2.62. The maximum atomic E-state index is 13.8. The van der Waals surface area contributed by atoms with Gasteiger partial charge in [0.15, 0.2) is 0 Å². The molecule has 5 rings (SSSR count). The SMILES string of the molecule is C=CC1CC1(NC(=O)C1CC(Oc2nccc3cccc(OC)c23)CN1C(=O)OC(C)(C)C)C(=O)NS(=O)(=O)C1CC1. The summed E-state index contributed by atoms with van der Waals surface area (Å²) in [5.74, 6) is -1.06. The fraction of sp³-hybridized carbons (Fsp3) is 0.517. The molecule has 226 valence electrons. The van der Waals surface area contributed by atoms with Crippen molar-refractivity contribution >= 4 is 38.7 Å². The quantitative estimate of drug-likeness (QED) is 0.414. The molecule has 2 N–H and O–H groups in total. The summed E-state index contributed by atoms with van der Waals surface area (Å²) < 4.78 is 44.4. The van der Waals surface area contributed by atoms with Crippen LogP contribution < -0.4 is 19.5 Å². The van der Waals surface area contributed by atoms with E-state index in [1.807, 2.05) is 18.2 Å². The number of benzene rings is 1. The number of carbonyl (C=O) groups excluding carboxylic acids is 3. The van der Waals surface area contributed by atoms with Crippen LogP contribution in [-0.2, 0) is 24.3 Å². The number of methoxy groups -OCH3 is 1.